The van der Waals surface area contributed by atoms with Crippen LogP contribution in [0.2, 0.25) is 5.02 Å². The highest BCUT2D eigenvalue weighted by Gasteiger charge is 2.31. The van der Waals surface area contributed by atoms with Crippen LogP contribution in [-0.2, 0) is 0 Å². The molecule has 1 amide bonds. The van der Waals surface area contributed by atoms with E-state index in [4.69, 9.17) is 11.6 Å². The van der Waals surface area contributed by atoms with Crippen LogP contribution in [0.3, 0.4) is 0 Å². The van der Waals surface area contributed by atoms with Crippen molar-refractivity contribution >= 4 is 39.9 Å². The van der Waals surface area contributed by atoms with E-state index in [1.807, 2.05) is 11.8 Å². The van der Waals surface area contributed by atoms with Gasteiger partial charge < -0.3 is 20.3 Å². The van der Waals surface area contributed by atoms with E-state index in [9.17, 15) is 19.1 Å². The number of aryl methyl sites for hydroxylation is 1. The van der Waals surface area contributed by atoms with Crippen LogP contribution in [-0.4, -0.2) is 51.1 Å². The number of aromatic carboxylic acids is 1. The molecular formula is C21H21ClFN5O3S. The minimum atomic E-state index is -1.18. The molecule has 0 bridgehead atoms. The van der Waals surface area contributed by atoms with Crippen LogP contribution >= 0.6 is 22.9 Å². The maximum Gasteiger partial charge on any atom is 0.348 e. The fourth-order valence-electron chi connectivity index (χ4n) is 3.74. The van der Waals surface area contributed by atoms with Gasteiger partial charge in [-0.1, -0.05) is 29.9 Å². The van der Waals surface area contributed by atoms with Gasteiger partial charge in [0.25, 0.3) is 5.91 Å². The lowest BCUT2D eigenvalue weighted by atomic mass is 9.94. The highest BCUT2D eigenvalue weighted by molar-refractivity contribution is 7.17. The van der Waals surface area contributed by atoms with Gasteiger partial charge in [0.2, 0.25) is 0 Å². The molecule has 0 radical (unpaired) electrons. The van der Waals surface area contributed by atoms with Gasteiger partial charge >= 0.3 is 5.97 Å². The molecule has 0 aromatic carbocycles. The number of hydrogen-bond donors (Lipinski definition) is 3. The first kappa shape index (κ1) is 22.2. The van der Waals surface area contributed by atoms with Crippen molar-refractivity contribution in [3.05, 3.63) is 51.5 Å². The number of halogens is 2. The summed E-state index contributed by atoms with van der Waals surface area (Å²) < 4.78 is 14.2. The molecular weight excluding hydrogens is 457 g/mol. The van der Waals surface area contributed by atoms with Gasteiger partial charge in [-0.25, -0.2) is 14.2 Å². The van der Waals surface area contributed by atoms with Crippen molar-refractivity contribution in [3.8, 4) is 11.4 Å². The molecule has 1 fully saturated rings. The number of rotatable bonds is 5. The highest BCUT2D eigenvalue weighted by atomic mass is 35.5. The van der Waals surface area contributed by atoms with Gasteiger partial charge in [-0.05, 0) is 37.5 Å². The third-order valence-electron chi connectivity index (χ3n) is 5.48. The Kier molecular flexibility index (Phi) is 6.16. The average Bonchev–Trinajstić information content (AvgIpc) is 3.34. The Morgan fingerprint density at radius 2 is 2.19 bits per heavy atom. The van der Waals surface area contributed by atoms with Crippen molar-refractivity contribution in [1.82, 2.24) is 20.3 Å². The molecule has 0 unspecified atom stereocenters. The van der Waals surface area contributed by atoms with Crippen LogP contribution in [0.15, 0.2) is 24.4 Å². The summed E-state index contributed by atoms with van der Waals surface area (Å²) in [6, 6.07) is 4.21. The van der Waals surface area contributed by atoms with Crippen molar-refractivity contribution in [2.24, 2.45) is 5.92 Å². The van der Waals surface area contributed by atoms with Gasteiger partial charge in [-0.2, -0.15) is 0 Å². The molecule has 11 heteroatoms. The Bertz CT molecular complexity index is 1160. The van der Waals surface area contributed by atoms with Crippen molar-refractivity contribution in [2.75, 3.05) is 18.0 Å². The van der Waals surface area contributed by atoms with E-state index in [1.54, 1.807) is 13.0 Å². The maximum atomic E-state index is 14.2. The summed E-state index contributed by atoms with van der Waals surface area (Å²) in [5, 5.41) is 13.6. The van der Waals surface area contributed by atoms with E-state index in [2.05, 4.69) is 20.3 Å². The number of hydrogen-bond acceptors (Lipinski definition) is 6. The zero-order valence-corrected chi connectivity index (χ0v) is 18.9. The fourth-order valence-corrected chi connectivity index (χ4v) is 4.84. The summed E-state index contributed by atoms with van der Waals surface area (Å²) in [4.78, 5) is 37.6. The molecule has 1 saturated heterocycles. The largest absolute Gasteiger partial charge is 0.477 e. The Morgan fingerprint density at radius 3 is 2.81 bits per heavy atom. The summed E-state index contributed by atoms with van der Waals surface area (Å²) in [5.41, 5.74) is 1.09. The van der Waals surface area contributed by atoms with Crippen LogP contribution in [0, 0.1) is 18.7 Å². The lowest BCUT2D eigenvalue weighted by Crippen LogP contribution is -2.50. The van der Waals surface area contributed by atoms with Gasteiger partial charge in [0.15, 0.2) is 10.9 Å². The quantitative estimate of drug-likeness (QED) is 0.512. The number of thiazole rings is 1. The monoisotopic (exact) mass is 477 g/mol. The van der Waals surface area contributed by atoms with Gasteiger partial charge in [-0.15, -0.1) is 0 Å². The number of carbonyl (C=O) groups is 2. The minimum Gasteiger partial charge on any atom is -0.477 e. The van der Waals surface area contributed by atoms with Crippen LogP contribution in [0.5, 0.6) is 0 Å². The number of aromatic amines is 1. The molecule has 3 aromatic rings. The van der Waals surface area contributed by atoms with E-state index in [0.29, 0.717) is 35.4 Å². The fraction of sp³-hybridized carbons (Fsp3) is 0.333. The second-order valence-electron chi connectivity index (χ2n) is 7.76. The summed E-state index contributed by atoms with van der Waals surface area (Å²) in [6.07, 6.45) is 2.05. The standard InChI is InChI=1S/C21H21ClFN5O3S/c1-10-9-28(7-5-14(10)26-19(29)15-8-12(22)11(2)25-15)21-27-17(18(32-21)20(30)31)16-13(23)4-3-6-24-16/h3-4,6,8,10,14,25H,5,7,9H2,1-2H3,(H,26,29)(H,30,31)/t10-,14+/m0/s1. The number of carboxylic acids is 1. The van der Waals surface area contributed by atoms with Crippen molar-refractivity contribution < 1.29 is 19.1 Å². The van der Waals surface area contributed by atoms with E-state index >= 15 is 0 Å². The smallest absolute Gasteiger partial charge is 0.348 e. The van der Waals surface area contributed by atoms with Gasteiger partial charge in [0, 0.05) is 31.0 Å². The summed E-state index contributed by atoms with van der Waals surface area (Å²) in [7, 11) is 0. The lowest BCUT2D eigenvalue weighted by Gasteiger charge is -2.37. The molecule has 4 heterocycles. The SMILES string of the molecule is Cc1[nH]c(C(=O)N[C@@H]2CCN(c3nc(-c4ncccc4F)c(C(=O)O)s3)C[C@@H]2C)cc1Cl. The Hall–Kier alpha value is -2.98. The van der Waals surface area contributed by atoms with Crippen molar-refractivity contribution in [2.45, 2.75) is 26.3 Å². The number of pyridine rings is 1. The highest BCUT2D eigenvalue weighted by Crippen LogP contribution is 2.35. The van der Waals surface area contributed by atoms with Crippen molar-refractivity contribution in [1.29, 1.82) is 0 Å². The van der Waals surface area contributed by atoms with Crippen LogP contribution in [0.25, 0.3) is 11.4 Å². The van der Waals surface area contributed by atoms with Crippen LogP contribution in [0.1, 0.15) is 39.2 Å². The topological polar surface area (TPSA) is 111 Å². The number of nitrogens with one attached hydrogen (secondary N) is 2. The average molecular weight is 478 g/mol. The first-order valence-corrected chi connectivity index (χ1v) is 11.2. The number of H-pyrrole nitrogens is 1. The number of carbonyl (C=O) groups excluding carboxylic acids is 1. The van der Waals surface area contributed by atoms with Crippen LogP contribution in [0.4, 0.5) is 9.52 Å². The molecule has 3 N–H and O–H groups in total. The van der Waals surface area contributed by atoms with Crippen LogP contribution < -0.4 is 10.2 Å². The van der Waals surface area contributed by atoms with Gasteiger partial charge in [0.05, 0.1) is 5.02 Å². The zero-order chi connectivity index (χ0) is 23.0. The number of carboxylic acid groups (broad SMARTS) is 1. The van der Waals surface area contributed by atoms with Crippen molar-refractivity contribution in [3.63, 3.8) is 0 Å². The molecule has 1 aliphatic heterocycles. The number of aromatic nitrogens is 3. The molecule has 0 saturated carbocycles. The molecule has 2 atom stereocenters. The Balaban J connectivity index is 1.50. The third-order valence-corrected chi connectivity index (χ3v) is 6.98. The number of nitrogens with zero attached hydrogens (tertiary/aromatic N) is 3. The Morgan fingerprint density at radius 1 is 1.41 bits per heavy atom. The van der Waals surface area contributed by atoms with E-state index in [0.717, 1.165) is 17.0 Å². The molecule has 3 aromatic heterocycles. The second-order valence-corrected chi connectivity index (χ2v) is 9.15. The molecule has 32 heavy (non-hydrogen) atoms. The second kappa shape index (κ2) is 8.87. The molecule has 8 nitrogen and oxygen atoms in total. The summed E-state index contributed by atoms with van der Waals surface area (Å²) in [5.74, 6) is -1.95. The van der Waals surface area contributed by atoms with E-state index < -0.39 is 11.8 Å². The predicted molar refractivity (Wildman–Crippen MR) is 120 cm³/mol. The van der Waals surface area contributed by atoms with Gasteiger partial charge in [0.1, 0.15) is 22.0 Å². The summed E-state index contributed by atoms with van der Waals surface area (Å²) >= 11 is 7.03. The zero-order valence-electron chi connectivity index (χ0n) is 17.4. The maximum absolute atomic E-state index is 14.2. The van der Waals surface area contributed by atoms with Gasteiger partial charge in [-0.3, -0.25) is 9.78 Å². The normalized spacial score (nSPS) is 18.6. The predicted octanol–water partition coefficient (Wildman–Crippen LogP) is 3.98. The number of piperidine rings is 1. The molecule has 0 aliphatic carbocycles. The molecule has 0 spiro atoms. The third kappa shape index (κ3) is 4.33. The van der Waals surface area contributed by atoms with E-state index in [-0.39, 0.29) is 34.1 Å². The molecule has 168 valence electrons. The lowest BCUT2D eigenvalue weighted by molar-refractivity contribution is 0.0702. The Labute approximate surface area is 192 Å². The first-order valence-electron chi connectivity index (χ1n) is 10.0. The molecule has 1 aliphatic rings. The summed E-state index contributed by atoms with van der Waals surface area (Å²) in [6.45, 7) is 4.93. The molecule has 4 rings (SSSR count). The first-order chi connectivity index (χ1) is 15.2. The minimum absolute atomic E-state index is 0.0256. The van der Waals surface area contributed by atoms with E-state index in [1.165, 1.54) is 18.3 Å². The number of anilines is 1. The number of amides is 1.